The van der Waals surface area contributed by atoms with Crippen molar-refractivity contribution in [2.45, 2.75) is 0 Å². The van der Waals surface area contributed by atoms with E-state index in [0.29, 0.717) is 13.1 Å². The van der Waals surface area contributed by atoms with Crippen molar-refractivity contribution in [2.24, 2.45) is 0 Å². The molecular weight excluding hydrogens is 256 g/mol. The lowest BCUT2D eigenvalue weighted by Gasteiger charge is -2.15. The van der Waals surface area contributed by atoms with Gasteiger partial charge in [0.1, 0.15) is 0 Å². The van der Waals surface area contributed by atoms with Crippen molar-refractivity contribution in [1.29, 1.82) is 0 Å². The summed E-state index contributed by atoms with van der Waals surface area (Å²) in [5.74, 6) is -0.414. The van der Waals surface area contributed by atoms with Crippen molar-refractivity contribution >= 4 is 5.91 Å². The van der Waals surface area contributed by atoms with E-state index in [2.05, 4.69) is 10.4 Å². The number of carbonyl (C=O) groups excluding carboxylic acids is 1. The molecule has 0 aliphatic rings. The third-order valence-electron chi connectivity index (χ3n) is 2.96. The predicted octanol–water partition coefficient (Wildman–Crippen LogP) is 0.869. The maximum atomic E-state index is 12.2. The number of hydrogen-bond acceptors (Lipinski definition) is 4. The number of nitrogens with zero attached hydrogens (tertiary/aromatic N) is 3. The van der Waals surface area contributed by atoms with Gasteiger partial charge in [-0.1, -0.05) is 18.2 Å². The quantitative estimate of drug-likeness (QED) is 0.848. The highest BCUT2D eigenvalue weighted by molar-refractivity contribution is 5.94. The molecule has 1 aromatic carbocycles. The van der Waals surface area contributed by atoms with E-state index in [1.54, 1.807) is 7.05 Å². The van der Waals surface area contributed by atoms with Gasteiger partial charge in [-0.15, -0.1) is 0 Å². The molecule has 0 radical (unpaired) electrons. The average molecular weight is 274 g/mol. The van der Waals surface area contributed by atoms with Crippen molar-refractivity contribution in [3.05, 3.63) is 42.2 Å². The van der Waals surface area contributed by atoms with Crippen LogP contribution in [0.1, 0.15) is 10.5 Å². The summed E-state index contributed by atoms with van der Waals surface area (Å²) in [7, 11) is 3.50. The van der Waals surface area contributed by atoms with Gasteiger partial charge in [0.05, 0.1) is 11.9 Å². The molecule has 0 bridgehead atoms. The van der Waals surface area contributed by atoms with Crippen LogP contribution in [0.3, 0.4) is 0 Å². The molecule has 0 aliphatic carbocycles. The number of rotatable bonds is 5. The fourth-order valence-electron chi connectivity index (χ4n) is 1.79. The van der Waals surface area contributed by atoms with E-state index >= 15 is 0 Å². The second-order valence-electron chi connectivity index (χ2n) is 4.47. The van der Waals surface area contributed by atoms with Gasteiger partial charge in [0.2, 0.25) is 0 Å². The highest BCUT2D eigenvalue weighted by atomic mass is 16.3. The first-order valence-electron chi connectivity index (χ1n) is 6.37. The van der Waals surface area contributed by atoms with Gasteiger partial charge in [-0.2, -0.15) is 5.10 Å². The molecule has 0 spiro atoms. The summed E-state index contributed by atoms with van der Waals surface area (Å²) in [6, 6.07) is 9.34. The standard InChI is InChI=1S/C14H18N4O2/c1-15-8-9-17(2)14(20)13-12(19)10-18(16-13)11-6-4-3-5-7-11/h3-7,10,15,19H,8-9H2,1-2H3. The fourth-order valence-corrected chi connectivity index (χ4v) is 1.79. The third kappa shape index (κ3) is 2.97. The molecule has 1 aromatic heterocycles. The summed E-state index contributed by atoms with van der Waals surface area (Å²) in [6.07, 6.45) is 1.44. The Morgan fingerprint density at radius 2 is 2.10 bits per heavy atom. The van der Waals surface area contributed by atoms with Crippen molar-refractivity contribution in [3.8, 4) is 11.4 Å². The Kier molecular flexibility index (Phi) is 4.37. The first-order valence-corrected chi connectivity index (χ1v) is 6.37. The molecule has 1 heterocycles. The van der Waals surface area contributed by atoms with Gasteiger partial charge in [-0.25, -0.2) is 4.68 Å². The highest BCUT2D eigenvalue weighted by Crippen LogP contribution is 2.19. The zero-order valence-electron chi connectivity index (χ0n) is 11.6. The van der Waals surface area contributed by atoms with Gasteiger partial charge >= 0.3 is 0 Å². The van der Waals surface area contributed by atoms with E-state index < -0.39 is 0 Å². The summed E-state index contributed by atoms with van der Waals surface area (Å²) < 4.78 is 1.49. The zero-order chi connectivity index (χ0) is 14.5. The third-order valence-corrected chi connectivity index (χ3v) is 2.96. The molecule has 2 rings (SSSR count). The number of para-hydroxylation sites is 1. The number of aromatic hydroxyl groups is 1. The number of amides is 1. The van der Waals surface area contributed by atoms with Crippen molar-refractivity contribution < 1.29 is 9.90 Å². The van der Waals surface area contributed by atoms with Gasteiger partial charge in [-0.3, -0.25) is 4.79 Å². The van der Waals surface area contributed by atoms with Crippen LogP contribution >= 0.6 is 0 Å². The zero-order valence-corrected chi connectivity index (χ0v) is 11.6. The minimum atomic E-state index is -0.299. The lowest BCUT2D eigenvalue weighted by Crippen LogP contribution is -2.33. The Bertz CT molecular complexity index is 580. The van der Waals surface area contributed by atoms with E-state index in [0.717, 1.165) is 5.69 Å². The molecule has 106 valence electrons. The number of nitrogens with one attached hydrogen (secondary N) is 1. The lowest BCUT2D eigenvalue weighted by atomic mass is 10.3. The molecule has 6 nitrogen and oxygen atoms in total. The van der Waals surface area contributed by atoms with Crippen molar-refractivity contribution in [3.63, 3.8) is 0 Å². The maximum absolute atomic E-state index is 12.2. The molecule has 0 saturated heterocycles. The Labute approximate surface area is 117 Å². The number of likely N-dealkylation sites (N-methyl/N-ethyl adjacent to an activating group) is 2. The van der Waals surface area contributed by atoms with Crippen LogP contribution in [0.2, 0.25) is 0 Å². The first-order chi connectivity index (χ1) is 9.63. The van der Waals surface area contributed by atoms with Crippen LogP contribution in [0.15, 0.2) is 36.5 Å². The first kappa shape index (κ1) is 14.1. The van der Waals surface area contributed by atoms with E-state index in [9.17, 15) is 9.90 Å². The van der Waals surface area contributed by atoms with Crippen LogP contribution in [0.25, 0.3) is 5.69 Å². The molecule has 0 saturated carbocycles. The fraction of sp³-hybridized carbons (Fsp3) is 0.286. The topological polar surface area (TPSA) is 70.4 Å². The predicted molar refractivity (Wildman–Crippen MR) is 76.1 cm³/mol. The molecule has 0 fully saturated rings. The summed E-state index contributed by atoms with van der Waals surface area (Å²) in [4.78, 5) is 13.7. The Morgan fingerprint density at radius 3 is 2.75 bits per heavy atom. The summed E-state index contributed by atoms with van der Waals surface area (Å²) in [5.41, 5.74) is 0.854. The van der Waals surface area contributed by atoms with Crippen LogP contribution in [0.4, 0.5) is 0 Å². The second kappa shape index (κ2) is 6.21. The summed E-state index contributed by atoms with van der Waals surface area (Å²) >= 11 is 0. The molecule has 0 aliphatic heterocycles. The van der Waals surface area contributed by atoms with Crippen molar-refractivity contribution in [2.75, 3.05) is 27.2 Å². The second-order valence-corrected chi connectivity index (χ2v) is 4.47. The van der Waals surface area contributed by atoms with E-state index in [4.69, 9.17) is 0 Å². The molecule has 20 heavy (non-hydrogen) atoms. The lowest BCUT2D eigenvalue weighted by molar-refractivity contribution is 0.0787. The molecule has 0 unspecified atom stereocenters. The number of aromatic nitrogens is 2. The number of hydrogen-bond donors (Lipinski definition) is 2. The Morgan fingerprint density at radius 1 is 1.40 bits per heavy atom. The molecule has 1 amide bonds. The van der Waals surface area contributed by atoms with Crippen LogP contribution < -0.4 is 5.32 Å². The van der Waals surface area contributed by atoms with Gasteiger partial charge in [-0.05, 0) is 19.2 Å². The minimum Gasteiger partial charge on any atom is -0.504 e. The van der Waals surface area contributed by atoms with Crippen molar-refractivity contribution in [1.82, 2.24) is 20.0 Å². The number of carbonyl (C=O) groups is 1. The van der Waals surface area contributed by atoms with E-state index in [1.165, 1.54) is 15.8 Å². The molecule has 6 heteroatoms. The normalized spacial score (nSPS) is 10.5. The van der Waals surface area contributed by atoms with Gasteiger partial charge in [0.15, 0.2) is 11.4 Å². The monoisotopic (exact) mass is 274 g/mol. The molecule has 2 N–H and O–H groups in total. The Hall–Kier alpha value is -2.34. The van der Waals surface area contributed by atoms with Crippen LogP contribution in [0.5, 0.6) is 5.75 Å². The van der Waals surface area contributed by atoms with Crippen LogP contribution in [-0.2, 0) is 0 Å². The SMILES string of the molecule is CNCCN(C)C(=O)c1nn(-c2ccccc2)cc1O. The van der Waals surface area contributed by atoms with Crippen LogP contribution in [0, 0.1) is 0 Å². The van der Waals surface area contributed by atoms with Gasteiger partial charge in [0, 0.05) is 20.1 Å². The van der Waals surface area contributed by atoms with Gasteiger partial charge < -0.3 is 15.3 Å². The largest absolute Gasteiger partial charge is 0.504 e. The molecule has 2 aromatic rings. The molecule has 0 atom stereocenters. The summed E-state index contributed by atoms with van der Waals surface area (Å²) in [5, 5.41) is 17.0. The molecular formula is C14H18N4O2. The van der Waals surface area contributed by atoms with Crippen LogP contribution in [-0.4, -0.2) is 52.9 Å². The Balaban J connectivity index is 2.21. The average Bonchev–Trinajstić information content (AvgIpc) is 2.87. The van der Waals surface area contributed by atoms with E-state index in [1.807, 2.05) is 37.4 Å². The van der Waals surface area contributed by atoms with Gasteiger partial charge in [0.25, 0.3) is 5.91 Å². The maximum Gasteiger partial charge on any atom is 0.278 e. The highest BCUT2D eigenvalue weighted by Gasteiger charge is 2.20. The summed E-state index contributed by atoms with van der Waals surface area (Å²) in [6.45, 7) is 1.23. The minimum absolute atomic E-state index is 0.0625. The number of benzene rings is 1. The smallest absolute Gasteiger partial charge is 0.278 e. The van der Waals surface area contributed by atoms with E-state index in [-0.39, 0.29) is 17.4 Å².